The van der Waals surface area contributed by atoms with Crippen LogP contribution in [0.2, 0.25) is 0 Å². The van der Waals surface area contributed by atoms with Crippen molar-refractivity contribution in [1.29, 1.82) is 0 Å². The first-order chi connectivity index (χ1) is 13.4. The molecule has 2 fully saturated rings. The van der Waals surface area contributed by atoms with E-state index in [0.717, 1.165) is 12.8 Å². The zero-order valence-corrected chi connectivity index (χ0v) is 16.4. The Hall–Kier alpha value is -2.39. The first-order valence-electron chi connectivity index (χ1n) is 9.82. The first kappa shape index (κ1) is 20.3. The molecule has 5 nitrogen and oxygen atoms in total. The average molecular weight is 386 g/mol. The van der Waals surface area contributed by atoms with Gasteiger partial charge in [0.25, 0.3) is 5.91 Å². The van der Waals surface area contributed by atoms with Gasteiger partial charge in [0, 0.05) is 31.0 Å². The van der Waals surface area contributed by atoms with Crippen LogP contribution in [0.4, 0.5) is 4.39 Å². The number of amides is 2. The molecule has 1 N–H and O–H groups in total. The van der Waals surface area contributed by atoms with Gasteiger partial charge in [-0.3, -0.25) is 9.59 Å². The quantitative estimate of drug-likeness (QED) is 0.625. The zero-order chi connectivity index (χ0) is 20.4. The van der Waals surface area contributed by atoms with Gasteiger partial charge in [-0.05, 0) is 56.4 Å². The number of piperazine rings is 1. The SMILES string of the molecule is C#CCCCC(=O)N1[C@H]2CC[C@@H]1[C@@H](CO)N(C(=O)c1cc(C)c(F)c(C)c1)C2. The number of nitrogens with zero attached hydrogens (tertiary/aromatic N) is 2. The van der Waals surface area contributed by atoms with E-state index in [4.69, 9.17) is 6.42 Å². The lowest BCUT2D eigenvalue weighted by Gasteiger charge is -2.46. The molecule has 150 valence electrons. The van der Waals surface area contributed by atoms with Crippen LogP contribution in [-0.4, -0.2) is 58.0 Å². The summed E-state index contributed by atoms with van der Waals surface area (Å²) in [5.74, 6) is 2.06. The van der Waals surface area contributed by atoms with Gasteiger partial charge < -0.3 is 14.9 Å². The molecule has 2 bridgehead atoms. The number of hydrogen-bond donors (Lipinski definition) is 1. The third-order valence-electron chi connectivity index (χ3n) is 5.93. The van der Waals surface area contributed by atoms with Crippen molar-refractivity contribution in [1.82, 2.24) is 9.80 Å². The van der Waals surface area contributed by atoms with Crippen molar-refractivity contribution in [3.63, 3.8) is 0 Å². The summed E-state index contributed by atoms with van der Waals surface area (Å²) in [7, 11) is 0. The fourth-order valence-electron chi connectivity index (χ4n) is 4.59. The highest BCUT2D eigenvalue weighted by Crippen LogP contribution is 2.36. The lowest BCUT2D eigenvalue weighted by atomic mass is 9.99. The summed E-state index contributed by atoms with van der Waals surface area (Å²) in [6.07, 6.45) is 8.44. The molecule has 2 amide bonds. The summed E-state index contributed by atoms with van der Waals surface area (Å²) in [6, 6.07) is 2.43. The van der Waals surface area contributed by atoms with Gasteiger partial charge in [-0.2, -0.15) is 0 Å². The summed E-state index contributed by atoms with van der Waals surface area (Å²) >= 11 is 0. The Balaban J connectivity index is 1.81. The van der Waals surface area contributed by atoms with E-state index in [2.05, 4.69) is 5.92 Å². The molecule has 2 heterocycles. The smallest absolute Gasteiger partial charge is 0.254 e. The normalized spacial score (nSPS) is 23.6. The number of aryl methyl sites for hydroxylation is 2. The fourth-order valence-corrected chi connectivity index (χ4v) is 4.59. The maximum absolute atomic E-state index is 13.9. The van der Waals surface area contributed by atoms with Crippen LogP contribution in [0.3, 0.4) is 0 Å². The van der Waals surface area contributed by atoms with Crippen molar-refractivity contribution in [2.75, 3.05) is 13.2 Å². The number of fused-ring (bicyclic) bond motifs is 2. The maximum atomic E-state index is 13.9. The second-order valence-electron chi connectivity index (χ2n) is 7.79. The zero-order valence-electron chi connectivity index (χ0n) is 16.4. The third kappa shape index (κ3) is 3.64. The van der Waals surface area contributed by atoms with Gasteiger partial charge in [-0.15, -0.1) is 12.3 Å². The molecule has 0 aliphatic carbocycles. The maximum Gasteiger partial charge on any atom is 0.254 e. The van der Waals surface area contributed by atoms with E-state index in [0.29, 0.717) is 42.5 Å². The molecule has 3 rings (SSSR count). The van der Waals surface area contributed by atoms with Crippen molar-refractivity contribution in [2.45, 2.75) is 64.1 Å². The number of benzene rings is 1. The van der Waals surface area contributed by atoms with E-state index >= 15 is 0 Å². The molecule has 1 aromatic rings. The van der Waals surface area contributed by atoms with Gasteiger partial charge in [-0.1, -0.05) is 0 Å². The van der Waals surface area contributed by atoms with Crippen LogP contribution in [-0.2, 0) is 4.79 Å². The molecule has 2 saturated heterocycles. The predicted molar refractivity (Wildman–Crippen MR) is 104 cm³/mol. The second kappa shape index (κ2) is 8.32. The molecule has 0 unspecified atom stereocenters. The van der Waals surface area contributed by atoms with Crippen molar-refractivity contribution in [3.8, 4) is 12.3 Å². The van der Waals surface area contributed by atoms with Crippen LogP contribution in [0.15, 0.2) is 12.1 Å². The molecule has 0 aromatic heterocycles. The molecule has 0 radical (unpaired) electrons. The van der Waals surface area contributed by atoms with Crippen LogP contribution in [0.25, 0.3) is 0 Å². The Morgan fingerprint density at radius 2 is 1.96 bits per heavy atom. The lowest BCUT2D eigenvalue weighted by molar-refractivity contribution is -0.139. The van der Waals surface area contributed by atoms with Gasteiger partial charge >= 0.3 is 0 Å². The third-order valence-corrected chi connectivity index (χ3v) is 5.93. The minimum absolute atomic E-state index is 0.0433. The molecule has 6 heteroatoms. The fraction of sp³-hybridized carbons (Fsp3) is 0.545. The summed E-state index contributed by atoms with van der Waals surface area (Å²) in [6.45, 7) is 3.45. The molecule has 28 heavy (non-hydrogen) atoms. The number of aliphatic hydroxyl groups is 1. The standard InChI is InChI=1S/C22H27FN2O3/c1-4-5-6-7-20(27)25-17-8-9-18(25)19(13-26)24(12-17)22(28)16-10-14(2)21(23)15(3)11-16/h1,10-11,17-19,26H,5-9,12-13H2,2-3H3/t17-,18+,19+/m0/s1. The Morgan fingerprint density at radius 1 is 1.29 bits per heavy atom. The number of aliphatic hydroxyl groups excluding tert-OH is 1. The van der Waals surface area contributed by atoms with E-state index < -0.39 is 6.04 Å². The highest BCUT2D eigenvalue weighted by atomic mass is 19.1. The summed E-state index contributed by atoms with van der Waals surface area (Å²) in [4.78, 5) is 29.4. The number of unbranched alkanes of at least 4 members (excludes halogenated alkanes) is 1. The van der Waals surface area contributed by atoms with E-state index in [-0.39, 0.29) is 36.3 Å². The highest BCUT2D eigenvalue weighted by Gasteiger charge is 2.49. The number of likely N-dealkylation sites (tertiary alicyclic amines) is 1. The van der Waals surface area contributed by atoms with E-state index in [1.54, 1.807) is 30.9 Å². The van der Waals surface area contributed by atoms with E-state index in [1.807, 2.05) is 4.90 Å². The van der Waals surface area contributed by atoms with Crippen molar-refractivity contribution in [2.24, 2.45) is 0 Å². The molecular formula is C22H27FN2O3. The molecule has 1 aromatic carbocycles. The van der Waals surface area contributed by atoms with Gasteiger partial charge in [0.2, 0.25) is 5.91 Å². The number of halogens is 1. The largest absolute Gasteiger partial charge is 0.394 e. The van der Waals surface area contributed by atoms with Crippen molar-refractivity contribution < 1.29 is 19.1 Å². The van der Waals surface area contributed by atoms with Crippen molar-refractivity contribution in [3.05, 3.63) is 34.6 Å². The van der Waals surface area contributed by atoms with Gasteiger partial charge in [0.1, 0.15) is 5.82 Å². The van der Waals surface area contributed by atoms with Crippen LogP contribution in [0.5, 0.6) is 0 Å². The number of hydrogen-bond acceptors (Lipinski definition) is 3. The van der Waals surface area contributed by atoms with Crippen molar-refractivity contribution >= 4 is 11.8 Å². The number of carbonyl (C=O) groups excluding carboxylic acids is 2. The van der Waals surface area contributed by atoms with Crippen LogP contribution >= 0.6 is 0 Å². The average Bonchev–Trinajstić information content (AvgIpc) is 2.99. The van der Waals surface area contributed by atoms with E-state index in [1.165, 1.54) is 0 Å². The highest BCUT2D eigenvalue weighted by molar-refractivity contribution is 5.95. The first-order valence-corrected chi connectivity index (χ1v) is 9.82. The summed E-state index contributed by atoms with van der Waals surface area (Å²) < 4.78 is 13.9. The topological polar surface area (TPSA) is 60.9 Å². The lowest BCUT2D eigenvalue weighted by Crippen LogP contribution is -2.63. The van der Waals surface area contributed by atoms with Crippen LogP contribution in [0.1, 0.15) is 53.6 Å². The van der Waals surface area contributed by atoms with Crippen LogP contribution in [0, 0.1) is 32.0 Å². The monoisotopic (exact) mass is 386 g/mol. The molecule has 2 aliphatic rings. The molecule has 0 spiro atoms. The molecular weight excluding hydrogens is 359 g/mol. The Morgan fingerprint density at radius 3 is 2.57 bits per heavy atom. The Labute approximate surface area is 165 Å². The molecule has 0 saturated carbocycles. The Kier molecular flexibility index (Phi) is 6.04. The van der Waals surface area contributed by atoms with Gasteiger partial charge in [-0.25, -0.2) is 4.39 Å². The van der Waals surface area contributed by atoms with Gasteiger partial charge in [0.15, 0.2) is 0 Å². The number of rotatable bonds is 5. The van der Waals surface area contributed by atoms with E-state index in [9.17, 15) is 19.1 Å². The Bertz CT molecular complexity index is 793. The number of terminal acetylenes is 1. The minimum atomic E-state index is -0.450. The summed E-state index contributed by atoms with van der Waals surface area (Å²) in [5, 5.41) is 10.0. The predicted octanol–water partition coefficient (Wildman–Crippen LogP) is 2.42. The second-order valence-corrected chi connectivity index (χ2v) is 7.79. The number of carbonyl (C=O) groups is 2. The molecule has 2 aliphatic heterocycles. The minimum Gasteiger partial charge on any atom is -0.394 e. The van der Waals surface area contributed by atoms with Crippen LogP contribution < -0.4 is 0 Å². The van der Waals surface area contributed by atoms with Gasteiger partial charge in [0.05, 0.1) is 18.7 Å². The molecule has 3 atom stereocenters. The summed E-state index contributed by atoms with van der Waals surface area (Å²) in [5.41, 5.74) is 1.27.